The third-order valence-corrected chi connectivity index (χ3v) is 2.77. The Balaban J connectivity index is 2.91. The molecule has 1 aromatic rings. The molecule has 0 heterocycles. The molecule has 0 aliphatic rings. The summed E-state index contributed by atoms with van der Waals surface area (Å²) in [7, 11) is 0. The molecule has 1 atom stereocenters. The van der Waals surface area contributed by atoms with Crippen LogP contribution in [-0.4, -0.2) is 11.8 Å². The van der Waals surface area contributed by atoms with Crippen LogP contribution in [0.25, 0.3) is 0 Å². The van der Waals surface area contributed by atoms with Crippen LogP contribution in [0.5, 0.6) is 5.75 Å². The second-order valence-corrected chi connectivity index (χ2v) is 4.35. The second-order valence-electron chi connectivity index (χ2n) is 3.76. The minimum Gasteiger partial charge on any atom is -0.492 e. The zero-order chi connectivity index (χ0) is 12.8. The van der Waals surface area contributed by atoms with Gasteiger partial charge in [-0.2, -0.15) is 4.99 Å². The van der Waals surface area contributed by atoms with E-state index in [1.165, 1.54) is 12.1 Å². The van der Waals surface area contributed by atoms with Crippen LogP contribution >= 0.6 is 23.8 Å². The van der Waals surface area contributed by atoms with E-state index in [1.54, 1.807) is 0 Å². The Hall–Kier alpha value is -0.960. The molecule has 0 N–H and O–H groups in total. The Kier molecular flexibility index (Phi) is 5.56. The predicted octanol–water partition coefficient (Wildman–Crippen LogP) is 4.64. The normalized spacial score (nSPS) is 11.8. The molecular weight excluding hydrogens is 261 g/mol. The van der Waals surface area contributed by atoms with Crippen LogP contribution in [0.15, 0.2) is 17.1 Å². The fourth-order valence-electron chi connectivity index (χ4n) is 1.11. The van der Waals surface area contributed by atoms with Gasteiger partial charge in [0.15, 0.2) is 5.82 Å². The average molecular weight is 274 g/mol. The largest absolute Gasteiger partial charge is 0.492 e. The van der Waals surface area contributed by atoms with Gasteiger partial charge in [-0.05, 0) is 24.2 Å². The number of thiocarbonyl (C=S) groups is 1. The molecule has 17 heavy (non-hydrogen) atoms. The van der Waals surface area contributed by atoms with Gasteiger partial charge >= 0.3 is 0 Å². The first-order chi connectivity index (χ1) is 8.08. The standard InChI is InChI=1S/C12H13ClFNOS/c1-3-8(2)6-16-12-5-11(15-7-17)10(14)4-9(12)13/h4-5,8H,3,6H2,1-2H3. The van der Waals surface area contributed by atoms with Gasteiger partial charge in [0.25, 0.3) is 0 Å². The van der Waals surface area contributed by atoms with Crippen molar-refractivity contribution < 1.29 is 9.13 Å². The van der Waals surface area contributed by atoms with Crippen molar-refractivity contribution in [1.29, 1.82) is 0 Å². The lowest BCUT2D eigenvalue weighted by molar-refractivity contribution is 0.256. The van der Waals surface area contributed by atoms with Crippen LogP contribution in [0, 0.1) is 11.7 Å². The summed E-state index contributed by atoms with van der Waals surface area (Å²) in [6.45, 7) is 4.66. The molecule has 0 saturated heterocycles. The van der Waals surface area contributed by atoms with Crippen LogP contribution in [0.4, 0.5) is 10.1 Å². The Morgan fingerprint density at radius 3 is 2.88 bits per heavy atom. The van der Waals surface area contributed by atoms with Crippen molar-refractivity contribution in [1.82, 2.24) is 0 Å². The van der Waals surface area contributed by atoms with Gasteiger partial charge in [-0.1, -0.05) is 31.9 Å². The maximum Gasteiger partial charge on any atom is 0.151 e. The highest BCUT2D eigenvalue weighted by molar-refractivity contribution is 7.78. The van der Waals surface area contributed by atoms with Crippen LogP contribution < -0.4 is 4.74 Å². The van der Waals surface area contributed by atoms with E-state index in [1.807, 2.05) is 0 Å². The van der Waals surface area contributed by atoms with Gasteiger partial charge in [-0.25, -0.2) is 4.39 Å². The molecule has 1 rings (SSSR count). The summed E-state index contributed by atoms with van der Waals surface area (Å²) in [6.07, 6.45) is 1.00. The summed E-state index contributed by atoms with van der Waals surface area (Å²) in [6, 6.07) is 2.60. The molecule has 0 fully saturated rings. The summed E-state index contributed by atoms with van der Waals surface area (Å²) in [5, 5.41) is 2.35. The van der Waals surface area contributed by atoms with E-state index < -0.39 is 5.82 Å². The highest BCUT2D eigenvalue weighted by Crippen LogP contribution is 2.32. The lowest BCUT2D eigenvalue weighted by atomic mass is 10.1. The van der Waals surface area contributed by atoms with Gasteiger partial charge in [-0.3, -0.25) is 0 Å². The molecule has 0 saturated carbocycles. The molecule has 0 amide bonds. The second kappa shape index (κ2) is 6.70. The van der Waals surface area contributed by atoms with Crippen molar-refractivity contribution in [3.8, 4) is 5.75 Å². The third kappa shape index (κ3) is 4.08. The van der Waals surface area contributed by atoms with Crippen molar-refractivity contribution in [2.75, 3.05) is 6.61 Å². The first kappa shape index (κ1) is 14.1. The zero-order valence-corrected chi connectivity index (χ0v) is 11.2. The molecule has 1 aromatic carbocycles. The zero-order valence-electron chi connectivity index (χ0n) is 9.67. The summed E-state index contributed by atoms with van der Waals surface area (Å²) in [5.74, 6) is 0.286. The number of nitrogens with zero attached hydrogens (tertiary/aromatic N) is 1. The fourth-order valence-corrected chi connectivity index (χ4v) is 1.42. The number of rotatable bonds is 5. The molecule has 0 aliphatic carbocycles. The highest BCUT2D eigenvalue weighted by atomic mass is 35.5. The lowest BCUT2D eigenvalue weighted by Gasteiger charge is -2.12. The molecule has 5 heteroatoms. The van der Waals surface area contributed by atoms with Gasteiger partial charge < -0.3 is 4.74 Å². The lowest BCUT2D eigenvalue weighted by Crippen LogP contribution is -2.07. The molecule has 0 aliphatic heterocycles. The van der Waals surface area contributed by atoms with E-state index in [-0.39, 0.29) is 10.7 Å². The number of isothiocyanates is 1. The highest BCUT2D eigenvalue weighted by Gasteiger charge is 2.10. The van der Waals surface area contributed by atoms with E-state index in [0.29, 0.717) is 18.3 Å². The van der Waals surface area contributed by atoms with E-state index in [9.17, 15) is 4.39 Å². The SMILES string of the molecule is CCC(C)COc1cc(N=C=S)c(F)cc1Cl. The summed E-state index contributed by atoms with van der Waals surface area (Å²) in [4.78, 5) is 3.61. The minimum absolute atomic E-state index is 0.0866. The van der Waals surface area contributed by atoms with Gasteiger partial charge in [0, 0.05) is 6.07 Å². The number of hydrogen-bond acceptors (Lipinski definition) is 3. The topological polar surface area (TPSA) is 21.6 Å². The van der Waals surface area contributed by atoms with Crippen LogP contribution in [0.2, 0.25) is 5.02 Å². The monoisotopic (exact) mass is 273 g/mol. The number of benzene rings is 1. The van der Waals surface area contributed by atoms with Gasteiger partial charge in [0.05, 0.1) is 16.8 Å². The number of ether oxygens (including phenoxy) is 1. The first-order valence-corrected chi connectivity index (χ1v) is 6.06. The maximum absolute atomic E-state index is 13.4. The summed E-state index contributed by atoms with van der Waals surface area (Å²) < 4.78 is 18.9. The van der Waals surface area contributed by atoms with Crippen molar-refractivity contribution in [3.05, 3.63) is 23.0 Å². The summed E-state index contributed by atoms with van der Waals surface area (Å²) in [5.41, 5.74) is 0.0866. The van der Waals surface area contributed by atoms with Gasteiger partial charge in [0.1, 0.15) is 11.4 Å². The van der Waals surface area contributed by atoms with Crippen molar-refractivity contribution in [3.63, 3.8) is 0 Å². The van der Waals surface area contributed by atoms with E-state index in [2.05, 4.69) is 36.2 Å². The number of hydrogen-bond donors (Lipinski definition) is 0. The Bertz CT molecular complexity index is 446. The molecular formula is C12H13ClFNOS. The molecule has 92 valence electrons. The molecule has 0 radical (unpaired) electrons. The predicted molar refractivity (Wildman–Crippen MR) is 71.0 cm³/mol. The fraction of sp³-hybridized carbons (Fsp3) is 0.417. The summed E-state index contributed by atoms with van der Waals surface area (Å²) >= 11 is 10.3. The molecule has 0 aromatic heterocycles. The van der Waals surface area contributed by atoms with Crippen LogP contribution in [0.1, 0.15) is 20.3 Å². The Morgan fingerprint density at radius 2 is 2.29 bits per heavy atom. The van der Waals surface area contributed by atoms with Crippen LogP contribution in [-0.2, 0) is 0 Å². The van der Waals surface area contributed by atoms with Gasteiger partial charge in [-0.15, -0.1) is 0 Å². The van der Waals surface area contributed by atoms with E-state index in [4.69, 9.17) is 16.3 Å². The van der Waals surface area contributed by atoms with Crippen molar-refractivity contribution in [2.45, 2.75) is 20.3 Å². The van der Waals surface area contributed by atoms with E-state index >= 15 is 0 Å². The minimum atomic E-state index is -0.539. The van der Waals surface area contributed by atoms with E-state index in [0.717, 1.165) is 6.42 Å². The first-order valence-electron chi connectivity index (χ1n) is 5.28. The Morgan fingerprint density at radius 1 is 1.59 bits per heavy atom. The van der Waals surface area contributed by atoms with Crippen molar-refractivity contribution >= 4 is 34.7 Å². The molecule has 0 spiro atoms. The quantitative estimate of drug-likeness (QED) is 0.576. The van der Waals surface area contributed by atoms with Crippen LogP contribution in [0.3, 0.4) is 0 Å². The Labute approximate surface area is 110 Å². The molecule has 0 bridgehead atoms. The maximum atomic E-state index is 13.4. The number of halogens is 2. The molecule has 1 unspecified atom stereocenters. The third-order valence-electron chi connectivity index (χ3n) is 2.39. The molecule has 2 nitrogen and oxygen atoms in total. The smallest absolute Gasteiger partial charge is 0.151 e. The van der Waals surface area contributed by atoms with Crippen molar-refractivity contribution in [2.24, 2.45) is 10.9 Å². The average Bonchev–Trinajstić information content (AvgIpc) is 2.30. The number of aliphatic imine (C=N–C) groups is 1. The van der Waals surface area contributed by atoms with Gasteiger partial charge in [0.2, 0.25) is 0 Å².